The Hall–Kier alpha value is -3.35. The van der Waals surface area contributed by atoms with Crippen molar-refractivity contribution >= 4 is 23.6 Å². The molecular formula is C24H29N3O4. The molecule has 1 heterocycles. The molecule has 7 heteroatoms. The summed E-state index contributed by atoms with van der Waals surface area (Å²) in [7, 11) is 0. The first-order valence-electron chi connectivity index (χ1n) is 10.7. The summed E-state index contributed by atoms with van der Waals surface area (Å²) in [5, 5.41) is 5.59. The molecule has 0 aromatic heterocycles. The number of likely N-dealkylation sites (tertiary alicyclic amines) is 1. The fraction of sp³-hybridized carbons (Fsp3) is 0.375. The average molecular weight is 424 g/mol. The number of benzene rings is 2. The van der Waals surface area contributed by atoms with E-state index in [1.165, 1.54) is 0 Å². The molecule has 0 spiro atoms. The first-order valence-corrected chi connectivity index (χ1v) is 10.7. The maximum Gasteiger partial charge on any atom is 0.319 e. The molecule has 164 valence electrons. The SMILES string of the molecule is CCOC(=O)C1CCCN(C(=O)C(Cc2ccccc2)NC(=O)Nc2ccccc2)C1. The van der Waals surface area contributed by atoms with Crippen molar-refractivity contribution in [1.29, 1.82) is 0 Å². The fourth-order valence-corrected chi connectivity index (χ4v) is 3.75. The Labute approximate surface area is 182 Å². The highest BCUT2D eigenvalue weighted by Gasteiger charge is 2.33. The van der Waals surface area contributed by atoms with Crippen LogP contribution in [0, 0.1) is 5.92 Å². The molecule has 2 aromatic carbocycles. The fourth-order valence-electron chi connectivity index (χ4n) is 3.75. The zero-order chi connectivity index (χ0) is 22.1. The monoisotopic (exact) mass is 423 g/mol. The number of urea groups is 1. The van der Waals surface area contributed by atoms with Crippen LogP contribution in [-0.4, -0.2) is 48.5 Å². The summed E-state index contributed by atoms with van der Waals surface area (Å²) in [6.07, 6.45) is 1.79. The number of esters is 1. The minimum absolute atomic E-state index is 0.193. The van der Waals surface area contributed by atoms with Gasteiger partial charge < -0.3 is 20.3 Å². The van der Waals surface area contributed by atoms with Crippen molar-refractivity contribution in [2.75, 3.05) is 25.0 Å². The lowest BCUT2D eigenvalue weighted by molar-refractivity contribution is -0.151. The molecule has 0 saturated carbocycles. The molecule has 3 rings (SSSR count). The first kappa shape index (κ1) is 22.3. The largest absolute Gasteiger partial charge is 0.466 e. The third-order valence-electron chi connectivity index (χ3n) is 5.27. The molecular weight excluding hydrogens is 394 g/mol. The summed E-state index contributed by atoms with van der Waals surface area (Å²) < 4.78 is 5.14. The van der Waals surface area contributed by atoms with E-state index >= 15 is 0 Å². The average Bonchev–Trinajstić information content (AvgIpc) is 2.80. The van der Waals surface area contributed by atoms with E-state index in [9.17, 15) is 14.4 Å². The molecule has 0 bridgehead atoms. The highest BCUT2D eigenvalue weighted by molar-refractivity contribution is 5.94. The van der Waals surface area contributed by atoms with Crippen LogP contribution < -0.4 is 10.6 Å². The minimum Gasteiger partial charge on any atom is -0.466 e. The Morgan fingerprint density at radius 2 is 1.74 bits per heavy atom. The van der Waals surface area contributed by atoms with E-state index < -0.39 is 12.1 Å². The van der Waals surface area contributed by atoms with Crippen LogP contribution in [0.15, 0.2) is 60.7 Å². The number of hydrogen-bond acceptors (Lipinski definition) is 4. The third kappa shape index (κ3) is 6.57. The van der Waals surface area contributed by atoms with Crippen LogP contribution in [0.2, 0.25) is 0 Å². The van der Waals surface area contributed by atoms with Gasteiger partial charge in [0.25, 0.3) is 0 Å². The highest BCUT2D eigenvalue weighted by Crippen LogP contribution is 2.19. The normalized spacial score (nSPS) is 16.8. The van der Waals surface area contributed by atoms with Gasteiger partial charge >= 0.3 is 12.0 Å². The van der Waals surface area contributed by atoms with E-state index in [0.29, 0.717) is 38.2 Å². The van der Waals surface area contributed by atoms with Gasteiger partial charge in [-0.1, -0.05) is 48.5 Å². The summed E-state index contributed by atoms with van der Waals surface area (Å²) in [6, 6.07) is 17.4. The molecule has 7 nitrogen and oxygen atoms in total. The molecule has 2 atom stereocenters. The first-order chi connectivity index (χ1) is 15.1. The van der Waals surface area contributed by atoms with Gasteiger partial charge in [-0.3, -0.25) is 9.59 Å². The maximum absolute atomic E-state index is 13.3. The van der Waals surface area contributed by atoms with Crippen molar-refractivity contribution in [3.05, 3.63) is 66.2 Å². The molecule has 31 heavy (non-hydrogen) atoms. The van der Waals surface area contributed by atoms with E-state index in [2.05, 4.69) is 10.6 Å². The molecule has 1 aliphatic heterocycles. The Morgan fingerprint density at radius 3 is 2.42 bits per heavy atom. The van der Waals surface area contributed by atoms with Crippen LogP contribution in [0.3, 0.4) is 0 Å². The molecule has 1 fully saturated rings. The van der Waals surface area contributed by atoms with Gasteiger partial charge in [-0.05, 0) is 37.5 Å². The van der Waals surface area contributed by atoms with E-state index in [4.69, 9.17) is 4.74 Å². The predicted molar refractivity (Wildman–Crippen MR) is 118 cm³/mol. The quantitative estimate of drug-likeness (QED) is 0.670. The van der Waals surface area contributed by atoms with Gasteiger partial charge in [0.1, 0.15) is 6.04 Å². The number of para-hydroxylation sites is 1. The number of piperidine rings is 1. The van der Waals surface area contributed by atoms with E-state index in [0.717, 1.165) is 12.0 Å². The molecule has 0 aliphatic carbocycles. The molecule has 1 aliphatic rings. The lowest BCUT2D eigenvalue weighted by Crippen LogP contribution is -2.53. The Kier molecular flexibility index (Phi) is 8.04. The Bertz CT molecular complexity index is 873. The number of nitrogens with zero attached hydrogens (tertiary/aromatic N) is 1. The number of carbonyl (C=O) groups is 3. The van der Waals surface area contributed by atoms with Gasteiger partial charge in [-0.25, -0.2) is 4.79 Å². The van der Waals surface area contributed by atoms with Gasteiger partial charge in [0.2, 0.25) is 5.91 Å². The highest BCUT2D eigenvalue weighted by atomic mass is 16.5. The Balaban J connectivity index is 1.71. The zero-order valence-corrected chi connectivity index (χ0v) is 17.8. The van der Waals surface area contributed by atoms with Crippen molar-refractivity contribution < 1.29 is 19.1 Å². The van der Waals surface area contributed by atoms with Gasteiger partial charge in [0.15, 0.2) is 0 Å². The van der Waals surface area contributed by atoms with Crippen LogP contribution in [0.5, 0.6) is 0 Å². The number of hydrogen-bond donors (Lipinski definition) is 2. The molecule has 0 radical (unpaired) electrons. The van der Waals surface area contributed by atoms with Crippen LogP contribution in [0.4, 0.5) is 10.5 Å². The predicted octanol–water partition coefficient (Wildman–Crippen LogP) is 3.22. The smallest absolute Gasteiger partial charge is 0.319 e. The lowest BCUT2D eigenvalue weighted by atomic mass is 9.96. The van der Waals surface area contributed by atoms with E-state index in [-0.39, 0.29) is 17.8 Å². The molecule has 2 N–H and O–H groups in total. The van der Waals surface area contributed by atoms with Gasteiger partial charge in [0.05, 0.1) is 12.5 Å². The summed E-state index contributed by atoms with van der Waals surface area (Å²) in [4.78, 5) is 39.8. The lowest BCUT2D eigenvalue weighted by Gasteiger charge is -2.34. The van der Waals surface area contributed by atoms with Crippen molar-refractivity contribution in [3.63, 3.8) is 0 Å². The second kappa shape index (κ2) is 11.2. The van der Waals surface area contributed by atoms with Crippen molar-refractivity contribution in [1.82, 2.24) is 10.2 Å². The number of rotatable bonds is 7. The van der Waals surface area contributed by atoms with Crippen LogP contribution in [0.1, 0.15) is 25.3 Å². The molecule has 2 unspecified atom stereocenters. The van der Waals surface area contributed by atoms with Crippen molar-refractivity contribution in [3.8, 4) is 0 Å². The Morgan fingerprint density at radius 1 is 1.06 bits per heavy atom. The number of amides is 3. The van der Waals surface area contributed by atoms with E-state index in [1.807, 2.05) is 48.5 Å². The van der Waals surface area contributed by atoms with E-state index in [1.54, 1.807) is 24.0 Å². The molecule has 3 amide bonds. The second-order valence-corrected chi connectivity index (χ2v) is 7.58. The molecule has 1 saturated heterocycles. The summed E-state index contributed by atoms with van der Waals surface area (Å²) in [5.41, 5.74) is 1.59. The van der Waals surface area contributed by atoms with Gasteiger partial charge in [0, 0.05) is 25.2 Å². The van der Waals surface area contributed by atoms with Crippen LogP contribution in [-0.2, 0) is 20.7 Å². The van der Waals surface area contributed by atoms with Crippen molar-refractivity contribution in [2.45, 2.75) is 32.2 Å². The van der Waals surface area contributed by atoms with Gasteiger partial charge in [-0.2, -0.15) is 0 Å². The number of carbonyl (C=O) groups excluding carboxylic acids is 3. The third-order valence-corrected chi connectivity index (χ3v) is 5.27. The van der Waals surface area contributed by atoms with Gasteiger partial charge in [-0.15, -0.1) is 0 Å². The minimum atomic E-state index is -0.743. The maximum atomic E-state index is 13.3. The number of ether oxygens (including phenoxy) is 1. The topological polar surface area (TPSA) is 87.7 Å². The second-order valence-electron chi connectivity index (χ2n) is 7.58. The molecule has 2 aromatic rings. The summed E-state index contributed by atoms with van der Waals surface area (Å²) >= 11 is 0. The van der Waals surface area contributed by atoms with Crippen molar-refractivity contribution in [2.24, 2.45) is 5.92 Å². The van der Waals surface area contributed by atoms with Crippen LogP contribution in [0.25, 0.3) is 0 Å². The van der Waals surface area contributed by atoms with Crippen LogP contribution >= 0.6 is 0 Å². The number of anilines is 1. The summed E-state index contributed by atoms with van der Waals surface area (Å²) in [6.45, 7) is 2.96. The summed E-state index contributed by atoms with van der Waals surface area (Å²) in [5.74, 6) is -0.788. The standard InChI is InChI=1S/C24H29N3O4/c1-2-31-23(29)19-12-9-15-27(17-19)22(28)21(16-18-10-5-3-6-11-18)26-24(30)25-20-13-7-4-8-14-20/h3-8,10-11,13-14,19,21H,2,9,12,15-17H2,1H3,(H2,25,26,30). The zero-order valence-electron chi connectivity index (χ0n) is 17.8. The number of nitrogens with one attached hydrogen (secondary N) is 2.